The van der Waals surface area contributed by atoms with E-state index in [1.54, 1.807) is 30.3 Å². The van der Waals surface area contributed by atoms with E-state index in [9.17, 15) is 14.0 Å². The lowest BCUT2D eigenvalue weighted by Crippen LogP contribution is -2.15. The predicted molar refractivity (Wildman–Crippen MR) is 105 cm³/mol. The first-order valence-corrected chi connectivity index (χ1v) is 8.79. The fourth-order valence-corrected chi connectivity index (χ4v) is 3.02. The Hall–Kier alpha value is -4.01. The van der Waals surface area contributed by atoms with Crippen molar-refractivity contribution in [2.24, 2.45) is 5.73 Å². The Morgan fingerprint density at radius 1 is 1.21 bits per heavy atom. The molecule has 4 rings (SSSR count). The lowest BCUT2D eigenvalue weighted by Gasteiger charge is -2.08. The van der Waals surface area contributed by atoms with Crippen LogP contribution in [-0.4, -0.2) is 32.0 Å². The van der Waals surface area contributed by atoms with Gasteiger partial charge in [0.2, 0.25) is 0 Å². The molecule has 0 radical (unpaired) electrons. The Morgan fingerprint density at radius 3 is 2.62 bits per heavy atom. The van der Waals surface area contributed by atoms with Crippen molar-refractivity contribution in [3.63, 3.8) is 0 Å². The minimum atomic E-state index is -0.838. The third kappa shape index (κ3) is 3.33. The van der Waals surface area contributed by atoms with Gasteiger partial charge in [-0.25, -0.2) is 23.7 Å². The van der Waals surface area contributed by atoms with Crippen LogP contribution >= 0.6 is 0 Å². The lowest BCUT2D eigenvalue weighted by molar-refractivity contribution is 0.0997. The summed E-state index contributed by atoms with van der Waals surface area (Å²) in [7, 11) is 0. The van der Waals surface area contributed by atoms with Crippen molar-refractivity contribution in [2.45, 2.75) is 6.92 Å². The fourth-order valence-electron chi connectivity index (χ4n) is 3.02. The largest absolute Gasteiger partial charge is 0.494 e. The molecule has 9 heteroatoms. The molecule has 0 atom stereocenters. The number of fused-ring (bicyclic) bond motifs is 1. The van der Waals surface area contributed by atoms with E-state index < -0.39 is 17.4 Å². The number of primary amides is 1. The van der Waals surface area contributed by atoms with Gasteiger partial charge in [0.15, 0.2) is 17.2 Å². The summed E-state index contributed by atoms with van der Waals surface area (Å²) in [5.74, 6) is -0.596. The fraction of sp³-hybridized carbons (Fsp3) is 0.100. The van der Waals surface area contributed by atoms with Gasteiger partial charge in [-0.2, -0.15) is 0 Å². The molecule has 3 N–H and O–H groups in total. The Balaban J connectivity index is 1.97. The van der Waals surface area contributed by atoms with Crippen molar-refractivity contribution in [1.29, 1.82) is 0 Å². The highest BCUT2D eigenvalue weighted by Crippen LogP contribution is 2.23. The van der Waals surface area contributed by atoms with E-state index in [0.717, 1.165) is 0 Å². The summed E-state index contributed by atoms with van der Waals surface area (Å²) in [5.41, 5.74) is 5.90. The first-order chi connectivity index (χ1) is 14.0. The zero-order chi connectivity index (χ0) is 20.5. The predicted octanol–water partition coefficient (Wildman–Crippen LogP) is 2.41. The van der Waals surface area contributed by atoms with Crippen LogP contribution in [0.2, 0.25) is 0 Å². The van der Waals surface area contributed by atoms with Crippen molar-refractivity contribution < 1.29 is 13.9 Å². The smallest absolute Gasteiger partial charge is 0.332 e. The van der Waals surface area contributed by atoms with Gasteiger partial charge in [0.1, 0.15) is 17.1 Å². The molecule has 29 heavy (non-hydrogen) atoms. The second-order valence-electron chi connectivity index (χ2n) is 6.16. The molecule has 1 amide bonds. The number of ether oxygens (including phenoxy) is 1. The molecule has 0 unspecified atom stereocenters. The number of imidazole rings is 1. The number of rotatable bonds is 5. The van der Waals surface area contributed by atoms with E-state index in [4.69, 9.17) is 10.5 Å². The van der Waals surface area contributed by atoms with Crippen LogP contribution in [0.3, 0.4) is 0 Å². The number of amides is 1. The number of halogens is 1. The summed E-state index contributed by atoms with van der Waals surface area (Å²) in [4.78, 5) is 35.7. The third-order valence-corrected chi connectivity index (χ3v) is 4.26. The number of H-pyrrole nitrogens is 1. The topological polar surface area (TPSA) is 116 Å². The van der Waals surface area contributed by atoms with Gasteiger partial charge in [-0.05, 0) is 43.3 Å². The maximum atomic E-state index is 13.7. The number of hydrogen-bond donors (Lipinski definition) is 2. The van der Waals surface area contributed by atoms with E-state index in [2.05, 4.69) is 15.0 Å². The van der Waals surface area contributed by atoms with E-state index >= 15 is 0 Å². The molecule has 0 aliphatic rings. The molecule has 0 aliphatic heterocycles. The molecule has 0 saturated heterocycles. The molecular formula is C20H16FN5O3. The Kier molecular flexibility index (Phi) is 4.55. The van der Waals surface area contributed by atoms with Crippen LogP contribution in [0.1, 0.15) is 17.4 Å². The van der Waals surface area contributed by atoms with Crippen molar-refractivity contribution >= 4 is 17.1 Å². The number of aromatic nitrogens is 4. The van der Waals surface area contributed by atoms with Crippen LogP contribution < -0.4 is 16.2 Å². The highest BCUT2D eigenvalue weighted by Gasteiger charge is 2.20. The highest BCUT2D eigenvalue weighted by molar-refractivity contribution is 6.02. The lowest BCUT2D eigenvalue weighted by atomic mass is 10.2. The Bertz CT molecular complexity index is 1280. The maximum Gasteiger partial charge on any atom is 0.332 e. The summed E-state index contributed by atoms with van der Waals surface area (Å²) >= 11 is 0. The van der Waals surface area contributed by atoms with E-state index in [1.165, 1.54) is 22.8 Å². The summed E-state index contributed by atoms with van der Waals surface area (Å²) in [5, 5.41) is 0. The quantitative estimate of drug-likeness (QED) is 0.540. The molecule has 4 aromatic rings. The number of carbonyl (C=O) groups is 1. The van der Waals surface area contributed by atoms with Crippen molar-refractivity contribution in [3.8, 4) is 22.8 Å². The van der Waals surface area contributed by atoms with Crippen LogP contribution in [0.5, 0.6) is 5.75 Å². The minimum absolute atomic E-state index is 0.0736. The van der Waals surface area contributed by atoms with E-state index in [1.807, 2.05) is 6.92 Å². The summed E-state index contributed by atoms with van der Waals surface area (Å²) in [6.07, 6.45) is 0. The van der Waals surface area contributed by atoms with Crippen LogP contribution in [-0.2, 0) is 0 Å². The minimum Gasteiger partial charge on any atom is -0.494 e. The van der Waals surface area contributed by atoms with E-state index in [-0.39, 0.29) is 22.7 Å². The number of aromatic amines is 1. The molecule has 146 valence electrons. The van der Waals surface area contributed by atoms with Gasteiger partial charge in [0.25, 0.3) is 5.91 Å². The van der Waals surface area contributed by atoms with Crippen molar-refractivity contribution in [1.82, 2.24) is 19.5 Å². The van der Waals surface area contributed by atoms with Gasteiger partial charge < -0.3 is 15.5 Å². The zero-order valence-electron chi connectivity index (χ0n) is 15.3. The molecule has 0 bridgehead atoms. The highest BCUT2D eigenvalue weighted by atomic mass is 19.1. The van der Waals surface area contributed by atoms with Gasteiger partial charge in [0.05, 0.1) is 12.3 Å². The number of carbonyl (C=O) groups excluding carboxylic acids is 1. The molecule has 0 aliphatic carbocycles. The van der Waals surface area contributed by atoms with Gasteiger partial charge in [-0.1, -0.05) is 12.1 Å². The second kappa shape index (κ2) is 7.19. The number of nitrogens with one attached hydrogen (secondary N) is 1. The molecule has 2 aromatic heterocycles. The number of hydrogen-bond acceptors (Lipinski definition) is 5. The van der Waals surface area contributed by atoms with Crippen LogP contribution in [0.25, 0.3) is 28.2 Å². The molecule has 0 spiro atoms. The second-order valence-corrected chi connectivity index (χ2v) is 6.16. The molecule has 2 heterocycles. The van der Waals surface area contributed by atoms with Gasteiger partial charge in [0, 0.05) is 5.56 Å². The number of nitrogens with two attached hydrogens (primary N) is 1. The van der Waals surface area contributed by atoms with Crippen LogP contribution in [0.15, 0.2) is 53.3 Å². The third-order valence-electron chi connectivity index (χ3n) is 4.26. The molecule has 0 fully saturated rings. The van der Waals surface area contributed by atoms with Crippen molar-refractivity contribution in [3.05, 3.63) is 70.5 Å². The van der Waals surface area contributed by atoms with E-state index in [0.29, 0.717) is 23.6 Å². The average Bonchev–Trinajstić information content (AvgIpc) is 3.03. The first kappa shape index (κ1) is 18.4. The SMILES string of the molecule is CCOc1ccc(-n2c(=O)[nH]c3c(C(N)=O)nc(-c4cccc(F)c4)nc32)cc1. The molecule has 8 nitrogen and oxygen atoms in total. The van der Waals surface area contributed by atoms with Gasteiger partial charge >= 0.3 is 5.69 Å². The Morgan fingerprint density at radius 2 is 1.97 bits per heavy atom. The number of benzene rings is 2. The molecule has 2 aromatic carbocycles. The van der Waals surface area contributed by atoms with Crippen molar-refractivity contribution in [2.75, 3.05) is 6.61 Å². The van der Waals surface area contributed by atoms with Gasteiger partial charge in [-0.3, -0.25) is 4.79 Å². The molecular weight excluding hydrogens is 377 g/mol. The summed E-state index contributed by atoms with van der Waals surface area (Å²) in [6, 6.07) is 12.4. The normalized spacial score (nSPS) is 11.0. The summed E-state index contributed by atoms with van der Waals surface area (Å²) in [6.45, 7) is 2.38. The van der Waals surface area contributed by atoms with Gasteiger partial charge in [-0.15, -0.1) is 0 Å². The Labute approximate surface area is 163 Å². The average molecular weight is 393 g/mol. The monoisotopic (exact) mass is 393 g/mol. The molecule has 0 saturated carbocycles. The maximum absolute atomic E-state index is 13.7. The summed E-state index contributed by atoms with van der Waals surface area (Å²) < 4.78 is 20.4. The standard InChI is InChI=1S/C20H16FN5O3/c1-2-29-14-8-6-13(7-9-14)26-19-16(24-20(26)28)15(17(22)27)23-18(25-19)11-4-3-5-12(21)10-11/h3-10H,2H2,1H3,(H2,22,27)(H,24,28). The van der Waals surface area contributed by atoms with Crippen LogP contribution in [0, 0.1) is 5.82 Å². The van der Waals surface area contributed by atoms with Crippen LogP contribution in [0.4, 0.5) is 4.39 Å². The first-order valence-electron chi connectivity index (χ1n) is 8.79. The number of nitrogens with zero attached hydrogens (tertiary/aromatic N) is 3. The zero-order valence-corrected chi connectivity index (χ0v) is 15.3.